The van der Waals surface area contributed by atoms with Gasteiger partial charge in [0.15, 0.2) is 0 Å². The van der Waals surface area contributed by atoms with E-state index in [-0.39, 0.29) is 5.48 Å². The van der Waals surface area contributed by atoms with Gasteiger partial charge in [-0.1, -0.05) is 6.07 Å². The summed E-state index contributed by atoms with van der Waals surface area (Å²) >= 11 is 0. The average Bonchev–Trinajstić information content (AvgIpc) is 2.75. The van der Waals surface area contributed by atoms with Gasteiger partial charge in [-0.15, -0.1) is 0 Å². The highest BCUT2D eigenvalue weighted by Gasteiger charge is 1.96. The molecule has 0 spiro atoms. The normalized spacial score (nSPS) is 8.14. The molecule has 2 aromatic heterocycles. The summed E-state index contributed by atoms with van der Waals surface area (Å²) in [6.07, 6.45) is 5.34. The van der Waals surface area contributed by atoms with Crippen molar-refractivity contribution in [3.8, 4) is 11.3 Å². The van der Waals surface area contributed by atoms with Crippen molar-refractivity contribution in [2.24, 2.45) is 11.7 Å². The molecule has 2 rings (SSSR count). The van der Waals surface area contributed by atoms with Crippen LogP contribution in [0, 0.1) is 0 Å². The molecular formula is C8H13N5O. The van der Waals surface area contributed by atoms with Crippen LogP contribution in [-0.2, 0) is 0 Å². The number of nitrogens with one attached hydrogen (secondary N) is 1. The minimum Gasteiger partial charge on any atom is -0.412 e. The summed E-state index contributed by atoms with van der Waals surface area (Å²) in [6.45, 7) is 0. The van der Waals surface area contributed by atoms with E-state index in [4.69, 9.17) is 0 Å². The van der Waals surface area contributed by atoms with Crippen molar-refractivity contribution in [3.63, 3.8) is 0 Å². The van der Waals surface area contributed by atoms with Gasteiger partial charge in [0.2, 0.25) is 0 Å². The number of hydrazine groups is 1. The van der Waals surface area contributed by atoms with Crippen LogP contribution in [0.4, 0.5) is 0 Å². The van der Waals surface area contributed by atoms with Crippen molar-refractivity contribution in [1.82, 2.24) is 15.2 Å². The van der Waals surface area contributed by atoms with Crippen LogP contribution in [-0.4, -0.2) is 20.7 Å². The van der Waals surface area contributed by atoms with Crippen LogP contribution in [0.3, 0.4) is 0 Å². The van der Waals surface area contributed by atoms with Crippen LogP contribution in [0.1, 0.15) is 0 Å². The Morgan fingerprint density at radius 2 is 2.00 bits per heavy atom. The number of rotatable bonds is 1. The zero-order chi connectivity index (χ0) is 9.52. The summed E-state index contributed by atoms with van der Waals surface area (Å²) in [5.74, 6) is 8.00. The van der Waals surface area contributed by atoms with E-state index in [1.165, 1.54) is 0 Å². The number of hydrogen-bond donors (Lipinski definition) is 3. The second-order valence-corrected chi connectivity index (χ2v) is 2.20. The predicted octanol–water partition coefficient (Wildman–Crippen LogP) is -0.534. The summed E-state index contributed by atoms with van der Waals surface area (Å²) in [5, 5.41) is 6.57. The van der Waals surface area contributed by atoms with E-state index < -0.39 is 0 Å². The molecule has 6 nitrogen and oxygen atoms in total. The first-order chi connectivity index (χ1) is 6.47. The van der Waals surface area contributed by atoms with Gasteiger partial charge in [-0.2, -0.15) is 5.10 Å². The Hall–Kier alpha value is -1.76. The van der Waals surface area contributed by atoms with Gasteiger partial charge in [0.1, 0.15) is 0 Å². The molecule has 7 N–H and O–H groups in total. The summed E-state index contributed by atoms with van der Waals surface area (Å²) < 4.78 is 0. The molecule has 0 aromatic carbocycles. The number of nitrogens with two attached hydrogens (primary N) is 2. The Kier molecular flexibility index (Phi) is 5.88. The molecule has 76 valence electrons. The molecule has 0 atom stereocenters. The third-order valence-electron chi connectivity index (χ3n) is 1.46. The average molecular weight is 195 g/mol. The highest BCUT2D eigenvalue weighted by Crippen LogP contribution is 2.12. The minimum atomic E-state index is 0. The topological polar surface area (TPSA) is 125 Å². The van der Waals surface area contributed by atoms with E-state index >= 15 is 0 Å². The van der Waals surface area contributed by atoms with Crippen molar-refractivity contribution >= 4 is 0 Å². The standard InChI is InChI=1S/C8H7N3.H4N2.H2O/c1-2-4-9-8(3-1)7-5-10-11-6-7;1-2;/h1-6H,(H,10,11);1-2H2;1H2. The molecule has 6 heteroatoms. The van der Waals surface area contributed by atoms with Gasteiger partial charge in [0, 0.05) is 18.0 Å². The van der Waals surface area contributed by atoms with E-state index in [1.54, 1.807) is 12.4 Å². The number of aromatic nitrogens is 3. The van der Waals surface area contributed by atoms with Crippen molar-refractivity contribution in [3.05, 3.63) is 36.8 Å². The highest BCUT2D eigenvalue weighted by molar-refractivity contribution is 5.55. The number of aromatic amines is 1. The van der Waals surface area contributed by atoms with E-state index in [9.17, 15) is 0 Å². The molecular weight excluding hydrogens is 182 g/mol. The van der Waals surface area contributed by atoms with Crippen molar-refractivity contribution in [2.45, 2.75) is 0 Å². The lowest BCUT2D eigenvalue weighted by Gasteiger charge is -1.91. The minimum absolute atomic E-state index is 0. The Morgan fingerprint density at radius 1 is 1.21 bits per heavy atom. The SMILES string of the molecule is NN.O.c1ccc(-c2cn[nH]c2)nc1. The molecule has 0 saturated carbocycles. The summed E-state index contributed by atoms with van der Waals surface area (Å²) in [4.78, 5) is 4.16. The molecule has 0 aliphatic heterocycles. The first kappa shape index (κ1) is 12.2. The van der Waals surface area contributed by atoms with E-state index in [0.29, 0.717) is 0 Å². The quantitative estimate of drug-likeness (QED) is 0.417. The van der Waals surface area contributed by atoms with Gasteiger partial charge < -0.3 is 5.48 Å². The molecule has 0 saturated heterocycles. The zero-order valence-corrected chi connectivity index (χ0v) is 7.51. The summed E-state index contributed by atoms with van der Waals surface area (Å²) in [5.41, 5.74) is 1.96. The summed E-state index contributed by atoms with van der Waals surface area (Å²) in [6, 6.07) is 5.80. The van der Waals surface area contributed by atoms with Gasteiger partial charge in [-0.05, 0) is 12.1 Å². The molecule has 0 amide bonds. The molecule has 2 aromatic rings. The van der Waals surface area contributed by atoms with Crippen LogP contribution in [0.25, 0.3) is 11.3 Å². The Morgan fingerprint density at radius 3 is 2.50 bits per heavy atom. The monoisotopic (exact) mass is 195 g/mol. The molecule has 2 heterocycles. The molecule has 0 radical (unpaired) electrons. The van der Waals surface area contributed by atoms with Crippen molar-refractivity contribution < 1.29 is 5.48 Å². The van der Waals surface area contributed by atoms with Crippen LogP contribution in [0.15, 0.2) is 36.8 Å². The molecule has 0 unspecified atom stereocenters. The van der Waals surface area contributed by atoms with E-state index in [2.05, 4.69) is 26.9 Å². The smallest absolute Gasteiger partial charge is 0.0733 e. The predicted molar refractivity (Wildman–Crippen MR) is 53.8 cm³/mol. The molecule has 0 aliphatic rings. The largest absolute Gasteiger partial charge is 0.412 e. The van der Waals surface area contributed by atoms with Crippen LogP contribution in [0.5, 0.6) is 0 Å². The second kappa shape index (κ2) is 6.72. The fourth-order valence-corrected chi connectivity index (χ4v) is 0.924. The van der Waals surface area contributed by atoms with Gasteiger partial charge in [0.25, 0.3) is 0 Å². The lowest BCUT2D eigenvalue weighted by molar-refractivity contribution is 0.824. The highest BCUT2D eigenvalue weighted by atomic mass is 16.0. The maximum atomic E-state index is 4.16. The number of H-pyrrole nitrogens is 1. The number of pyridine rings is 1. The van der Waals surface area contributed by atoms with Crippen LogP contribution >= 0.6 is 0 Å². The summed E-state index contributed by atoms with van der Waals surface area (Å²) in [7, 11) is 0. The lowest BCUT2D eigenvalue weighted by Crippen LogP contribution is -2.02. The molecule has 14 heavy (non-hydrogen) atoms. The van der Waals surface area contributed by atoms with Crippen LogP contribution < -0.4 is 11.7 Å². The fourth-order valence-electron chi connectivity index (χ4n) is 0.924. The third kappa shape index (κ3) is 2.94. The molecule has 0 fully saturated rings. The second-order valence-electron chi connectivity index (χ2n) is 2.20. The Balaban J connectivity index is 0.000000531. The maximum Gasteiger partial charge on any atom is 0.0733 e. The van der Waals surface area contributed by atoms with Crippen LogP contribution in [0.2, 0.25) is 0 Å². The van der Waals surface area contributed by atoms with Gasteiger partial charge in [0.05, 0.1) is 11.9 Å². The molecule has 0 bridgehead atoms. The maximum absolute atomic E-state index is 4.16. The van der Waals surface area contributed by atoms with Crippen molar-refractivity contribution in [2.75, 3.05) is 0 Å². The first-order valence-electron chi connectivity index (χ1n) is 3.70. The van der Waals surface area contributed by atoms with Gasteiger partial charge in [-0.3, -0.25) is 21.8 Å². The Bertz CT molecular complexity index is 321. The van der Waals surface area contributed by atoms with Gasteiger partial charge >= 0.3 is 0 Å². The lowest BCUT2D eigenvalue weighted by atomic mass is 10.2. The van der Waals surface area contributed by atoms with Gasteiger partial charge in [-0.25, -0.2) is 0 Å². The third-order valence-corrected chi connectivity index (χ3v) is 1.46. The Labute approximate surface area is 81.2 Å². The molecule has 0 aliphatic carbocycles. The number of hydrogen-bond acceptors (Lipinski definition) is 4. The number of nitrogens with zero attached hydrogens (tertiary/aromatic N) is 2. The first-order valence-corrected chi connectivity index (χ1v) is 3.70. The zero-order valence-electron chi connectivity index (χ0n) is 7.51. The van der Waals surface area contributed by atoms with E-state index in [0.717, 1.165) is 11.3 Å². The van der Waals surface area contributed by atoms with E-state index in [1.807, 2.05) is 24.4 Å². The fraction of sp³-hybridized carbons (Fsp3) is 0. The van der Waals surface area contributed by atoms with Crippen molar-refractivity contribution in [1.29, 1.82) is 0 Å².